The smallest absolute Gasteiger partial charge is 0.276 e. The van der Waals surface area contributed by atoms with Crippen LogP contribution in [0.15, 0.2) is 36.4 Å². The largest absolute Gasteiger partial charge is 0.497 e. The lowest BCUT2D eigenvalue weighted by Crippen LogP contribution is -2.12. The summed E-state index contributed by atoms with van der Waals surface area (Å²) in [6, 6.07) is 10.2. The minimum atomic E-state index is -0.439. The SMILES string of the molecule is CNc1cc([N+](=O)[O-])cc(N(C)c2cccc(OC)c2)n1. The van der Waals surface area contributed by atoms with Gasteiger partial charge in [0.2, 0.25) is 0 Å². The van der Waals surface area contributed by atoms with E-state index in [1.165, 1.54) is 12.1 Å². The van der Waals surface area contributed by atoms with Crippen LogP contribution in [0.3, 0.4) is 0 Å². The van der Waals surface area contributed by atoms with E-state index in [1.54, 1.807) is 26.1 Å². The Morgan fingerprint density at radius 1 is 1.33 bits per heavy atom. The summed E-state index contributed by atoms with van der Waals surface area (Å²) in [7, 11) is 5.05. The summed E-state index contributed by atoms with van der Waals surface area (Å²) in [6.45, 7) is 0. The maximum Gasteiger partial charge on any atom is 0.276 e. The van der Waals surface area contributed by atoms with Crippen LogP contribution in [0.25, 0.3) is 0 Å². The third kappa shape index (κ3) is 3.19. The first-order valence-corrected chi connectivity index (χ1v) is 6.27. The molecule has 0 bridgehead atoms. The second kappa shape index (κ2) is 6.08. The number of nitrogens with zero attached hydrogens (tertiary/aromatic N) is 3. The van der Waals surface area contributed by atoms with E-state index in [4.69, 9.17) is 4.74 Å². The van der Waals surface area contributed by atoms with Gasteiger partial charge in [-0.1, -0.05) is 6.07 Å². The van der Waals surface area contributed by atoms with Gasteiger partial charge in [0.15, 0.2) is 0 Å². The van der Waals surface area contributed by atoms with Gasteiger partial charge in [0.25, 0.3) is 5.69 Å². The molecule has 0 amide bonds. The average molecular weight is 288 g/mol. The summed E-state index contributed by atoms with van der Waals surface area (Å²) in [5.74, 6) is 1.62. The zero-order chi connectivity index (χ0) is 15.4. The molecule has 0 aliphatic heterocycles. The summed E-state index contributed by atoms with van der Waals surface area (Å²) in [4.78, 5) is 16.6. The van der Waals surface area contributed by atoms with Crippen molar-refractivity contribution in [2.45, 2.75) is 0 Å². The predicted octanol–water partition coefficient (Wildman–Crippen LogP) is 2.81. The molecule has 21 heavy (non-hydrogen) atoms. The van der Waals surface area contributed by atoms with Crippen molar-refractivity contribution in [1.29, 1.82) is 0 Å². The molecule has 0 unspecified atom stereocenters. The summed E-state index contributed by atoms with van der Waals surface area (Å²) in [6.07, 6.45) is 0. The molecule has 0 saturated heterocycles. The minimum absolute atomic E-state index is 0.0147. The standard InChI is InChI=1S/C14H16N4O3/c1-15-13-8-11(18(19)20)9-14(16-13)17(2)10-5-4-6-12(7-10)21-3/h4-9H,1-3H3,(H,15,16). The summed E-state index contributed by atoms with van der Waals surface area (Å²) >= 11 is 0. The Balaban J connectivity index is 2.44. The van der Waals surface area contributed by atoms with Crippen LogP contribution in [-0.2, 0) is 0 Å². The average Bonchev–Trinajstić information content (AvgIpc) is 2.53. The van der Waals surface area contributed by atoms with Crippen molar-refractivity contribution in [2.75, 3.05) is 31.4 Å². The second-order valence-electron chi connectivity index (χ2n) is 4.34. The van der Waals surface area contributed by atoms with Crippen LogP contribution in [0.1, 0.15) is 0 Å². The van der Waals surface area contributed by atoms with E-state index in [0.29, 0.717) is 17.4 Å². The monoisotopic (exact) mass is 288 g/mol. The number of rotatable bonds is 5. The number of hydrogen-bond acceptors (Lipinski definition) is 6. The maximum absolute atomic E-state index is 11.0. The highest BCUT2D eigenvalue weighted by Gasteiger charge is 2.14. The van der Waals surface area contributed by atoms with Crippen LogP contribution in [0, 0.1) is 10.1 Å². The van der Waals surface area contributed by atoms with Gasteiger partial charge in [-0.25, -0.2) is 4.98 Å². The first-order valence-electron chi connectivity index (χ1n) is 6.27. The van der Waals surface area contributed by atoms with Gasteiger partial charge in [-0.05, 0) is 12.1 Å². The van der Waals surface area contributed by atoms with Gasteiger partial charge < -0.3 is 15.0 Å². The topological polar surface area (TPSA) is 80.5 Å². The molecule has 0 spiro atoms. The quantitative estimate of drug-likeness (QED) is 0.673. The molecule has 7 nitrogen and oxygen atoms in total. The zero-order valence-electron chi connectivity index (χ0n) is 12.0. The van der Waals surface area contributed by atoms with Gasteiger partial charge in [0, 0.05) is 25.8 Å². The molecule has 0 aliphatic rings. The van der Waals surface area contributed by atoms with Crippen molar-refractivity contribution >= 4 is 23.0 Å². The van der Waals surface area contributed by atoms with Crippen LogP contribution in [0.4, 0.5) is 23.0 Å². The molecule has 1 heterocycles. The van der Waals surface area contributed by atoms with Crippen LogP contribution in [-0.4, -0.2) is 31.1 Å². The van der Waals surface area contributed by atoms with Crippen LogP contribution in [0.2, 0.25) is 0 Å². The summed E-state index contributed by atoms with van der Waals surface area (Å²) in [5.41, 5.74) is 0.809. The van der Waals surface area contributed by atoms with E-state index in [-0.39, 0.29) is 5.69 Å². The second-order valence-corrected chi connectivity index (χ2v) is 4.34. The molecular formula is C14H16N4O3. The third-order valence-corrected chi connectivity index (χ3v) is 3.05. The lowest BCUT2D eigenvalue weighted by Gasteiger charge is -2.19. The van der Waals surface area contributed by atoms with E-state index in [9.17, 15) is 10.1 Å². The molecule has 0 fully saturated rings. The highest BCUT2D eigenvalue weighted by Crippen LogP contribution is 2.29. The number of benzene rings is 1. The van der Waals surface area contributed by atoms with E-state index in [2.05, 4.69) is 10.3 Å². The Kier molecular flexibility index (Phi) is 4.22. The predicted molar refractivity (Wildman–Crippen MR) is 81.5 cm³/mol. The highest BCUT2D eigenvalue weighted by atomic mass is 16.6. The van der Waals surface area contributed by atoms with E-state index in [1.807, 2.05) is 24.3 Å². The number of hydrogen-bond donors (Lipinski definition) is 1. The van der Waals surface area contributed by atoms with E-state index < -0.39 is 4.92 Å². The number of aromatic nitrogens is 1. The Labute approximate surface area is 122 Å². The molecular weight excluding hydrogens is 272 g/mol. The fourth-order valence-electron chi connectivity index (χ4n) is 1.86. The first-order chi connectivity index (χ1) is 10.0. The number of nitro groups is 1. The van der Waals surface area contributed by atoms with Crippen molar-refractivity contribution in [2.24, 2.45) is 0 Å². The molecule has 1 aromatic heterocycles. The molecule has 0 saturated carbocycles. The van der Waals surface area contributed by atoms with Gasteiger partial charge in [0.05, 0.1) is 24.2 Å². The van der Waals surface area contributed by atoms with Crippen LogP contribution >= 0.6 is 0 Å². The van der Waals surface area contributed by atoms with Crippen LogP contribution in [0.5, 0.6) is 5.75 Å². The first kappa shape index (κ1) is 14.6. The normalized spacial score (nSPS) is 10.0. The fraction of sp³-hybridized carbons (Fsp3) is 0.214. The number of nitrogens with one attached hydrogen (secondary N) is 1. The van der Waals surface area contributed by atoms with Gasteiger partial charge in [-0.15, -0.1) is 0 Å². The van der Waals surface area contributed by atoms with Gasteiger partial charge in [0.1, 0.15) is 17.4 Å². The number of methoxy groups -OCH3 is 1. The van der Waals surface area contributed by atoms with Crippen molar-refractivity contribution in [1.82, 2.24) is 4.98 Å². The molecule has 2 rings (SSSR count). The number of anilines is 3. The van der Waals surface area contributed by atoms with Crippen molar-refractivity contribution in [3.05, 3.63) is 46.5 Å². The molecule has 1 N–H and O–H groups in total. The molecule has 0 aliphatic carbocycles. The Morgan fingerprint density at radius 3 is 2.71 bits per heavy atom. The minimum Gasteiger partial charge on any atom is -0.497 e. The molecule has 0 radical (unpaired) electrons. The fourth-order valence-corrected chi connectivity index (χ4v) is 1.86. The van der Waals surface area contributed by atoms with E-state index >= 15 is 0 Å². The molecule has 110 valence electrons. The number of ether oxygens (including phenoxy) is 1. The summed E-state index contributed by atoms with van der Waals surface area (Å²) in [5, 5.41) is 13.8. The van der Waals surface area contributed by atoms with Crippen molar-refractivity contribution in [3.8, 4) is 5.75 Å². The summed E-state index contributed by atoms with van der Waals surface area (Å²) < 4.78 is 5.18. The molecule has 0 atom stereocenters. The van der Waals surface area contributed by atoms with Gasteiger partial charge in [-0.3, -0.25) is 10.1 Å². The lowest BCUT2D eigenvalue weighted by molar-refractivity contribution is -0.384. The van der Waals surface area contributed by atoms with E-state index in [0.717, 1.165) is 5.69 Å². The van der Waals surface area contributed by atoms with Gasteiger partial charge in [-0.2, -0.15) is 0 Å². The Bertz CT molecular complexity index is 660. The van der Waals surface area contributed by atoms with Crippen molar-refractivity contribution < 1.29 is 9.66 Å². The highest BCUT2D eigenvalue weighted by molar-refractivity contribution is 5.65. The van der Waals surface area contributed by atoms with Gasteiger partial charge >= 0.3 is 0 Å². The zero-order valence-corrected chi connectivity index (χ0v) is 12.0. The Hall–Kier alpha value is -2.83. The number of pyridine rings is 1. The molecule has 1 aromatic carbocycles. The Morgan fingerprint density at radius 2 is 2.10 bits per heavy atom. The lowest BCUT2D eigenvalue weighted by atomic mass is 10.2. The maximum atomic E-state index is 11.0. The van der Waals surface area contributed by atoms with Crippen LogP contribution < -0.4 is 15.0 Å². The third-order valence-electron chi connectivity index (χ3n) is 3.05. The molecule has 2 aromatic rings. The van der Waals surface area contributed by atoms with Crippen molar-refractivity contribution in [3.63, 3.8) is 0 Å². The molecule has 7 heteroatoms.